The van der Waals surface area contributed by atoms with Gasteiger partial charge in [-0.25, -0.2) is 15.4 Å². The second kappa shape index (κ2) is 16.3. The van der Waals surface area contributed by atoms with Crippen LogP contribution in [0, 0.1) is 55.5 Å². The zero-order chi connectivity index (χ0) is 30.1. The van der Waals surface area contributed by atoms with Crippen molar-refractivity contribution in [2.75, 3.05) is 42.2 Å². The molecule has 4 aromatic rings. The molecule has 10 nitrogen and oxygen atoms in total. The molecule has 0 fully saturated rings. The van der Waals surface area contributed by atoms with Crippen molar-refractivity contribution in [1.29, 1.82) is 0 Å². The van der Waals surface area contributed by atoms with E-state index in [9.17, 15) is 13.2 Å². The van der Waals surface area contributed by atoms with Crippen LogP contribution in [0.5, 0.6) is 0 Å². The number of hydrogen-bond acceptors (Lipinski definition) is 9. The van der Waals surface area contributed by atoms with Crippen molar-refractivity contribution in [2.45, 2.75) is 13.1 Å². The van der Waals surface area contributed by atoms with Crippen LogP contribution in [0.4, 0.5) is 36.3 Å². The molecule has 0 radical (unpaired) electrons. The average molecular weight is 929 g/mol. The minimum atomic E-state index is -4.51. The summed E-state index contributed by atoms with van der Waals surface area (Å²) in [5, 5.41) is 10.5. The van der Waals surface area contributed by atoms with Crippen molar-refractivity contribution < 1.29 is 44.3 Å². The van der Waals surface area contributed by atoms with Gasteiger partial charge in [0.2, 0.25) is 5.95 Å². The largest absolute Gasteiger partial charge is 2.00 e. The number of aryl methyl sites for hydroxylation is 1. The molecule has 0 aliphatic carbocycles. The molecule has 4 rings (SSSR count). The SMILES string of the molecule is C=Ic1cnc(N/N=C/c2ccc(Nc3cc(-n4cnc(C)c4)cc(C(F)(F)F)c3)cn2)nc1NCCN(C[CH2-])C[CH2-].[U+2]. The number of aromatic nitrogens is 5. The molecule has 0 amide bonds. The van der Waals surface area contributed by atoms with E-state index in [1.165, 1.54) is 18.7 Å². The fourth-order valence-electron chi connectivity index (χ4n) is 3.75. The van der Waals surface area contributed by atoms with E-state index in [0.29, 0.717) is 54.2 Å². The molecular weight excluding hydrogens is 898 g/mol. The quantitative estimate of drug-likeness (QED) is 0.0697. The predicted molar refractivity (Wildman–Crippen MR) is 170 cm³/mol. The van der Waals surface area contributed by atoms with Crippen LogP contribution in [0.2, 0.25) is 0 Å². The molecule has 0 saturated carbocycles. The van der Waals surface area contributed by atoms with Gasteiger partial charge in [0.1, 0.15) is 5.82 Å². The topological polar surface area (TPSA) is 108 Å². The third kappa shape index (κ3) is 10.1. The van der Waals surface area contributed by atoms with Gasteiger partial charge in [0.05, 0.1) is 44.9 Å². The molecule has 0 atom stereocenters. The number of nitrogens with one attached hydrogen (secondary N) is 3. The maximum Gasteiger partial charge on any atom is 2.00 e. The second-order valence-electron chi connectivity index (χ2n) is 8.95. The van der Waals surface area contributed by atoms with Gasteiger partial charge in [-0.05, 0) is 37.3 Å². The smallest absolute Gasteiger partial charge is 0.368 e. The Hall–Kier alpha value is -2.87. The average Bonchev–Trinajstić information content (AvgIpc) is 3.42. The molecule has 3 aromatic heterocycles. The van der Waals surface area contributed by atoms with E-state index in [0.717, 1.165) is 22.2 Å². The zero-order valence-electron chi connectivity index (χ0n) is 23.4. The van der Waals surface area contributed by atoms with Crippen molar-refractivity contribution >= 4 is 54.6 Å². The van der Waals surface area contributed by atoms with Crippen LogP contribution in [-0.2, 0) is 6.18 Å². The zero-order valence-corrected chi connectivity index (χ0v) is 29.7. The van der Waals surface area contributed by atoms with Gasteiger partial charge in [-0.1, -0.05) is 25.2 Å². The first kappa shape index (κ1) is 34.6. The summed E-state index contributed by atoms with van der Waals surface area (Å²) in [4.78, 5) is 19.3. The molecule has 3 N–H and O–H groups in total. The molecule has 224 valence electrons. The number of hydrogen-bond donors (Lipinski definition) is 3. The Morgan fingerprint density at radius 1 is 1.09 bits per heavy atom. The first-order chi connectivity index (χ1) is 20.2. The fourth-order valence-corrected chi connectivity index (χ4v) is 4.76. The summed E-state index contributed by atoms with van der Waals surface area (Å²) in [5.74, 6) is 1.03. The predicted octanol–water partition coefficient (Wildman–Crippen LogP) is 5.53. The number of imidazole rings is 1. The van der Waals surface area contributed by atoms with Gasteiger partial charge < -0.3 is 33.9 Å². The van der Waals surface area contributed by atoms with Gasteiger partial charge in [0, 0.05) is 36.9 Å². The fraction of sp³-hybridized carbons (Fsp3) is 0.214. The van der Waals surface area contributed by atoms with E-state index in [-0.39, 0.29) is 36.8 Å². The molecule has 0 bridgehead atoms. The Balaban J connectivity index is 0.00000506. The number of nitrogens with zero attached hydrogens (tertiary/aromatic N) is 7. The van der Waals surface area contributed by atoms with Crippen LogP contribution in [0.15, 0.2) is 60.4 Å². The van der Waals surface area contributed by atoms with E-state index in [4.69, 9.17) is 0 Å². The maximum atomic E-state index is 13.6. The van der Waals surface area contributed by atoms with Crippen LogP contribution in [0.25, 0.3) is 5.69 Å². The van der Waals surface area contributed by atoms with Crippen LogP contribution in [0.1, 0.15) is 17.0 Å². The molecule has 15 heteroatoms. The summed E-state index contributed by atoms with van der Waals surface area (Å²) < 4.78 is 47.3. The summed E-state index contributed by atoms with van der Waals surface area (Å²) in [5.41, 5.74) is 4.34. The van der Waals surface area contributed by atoms with Gasteiger partial charge >= 0.3 is 37.3 Å². The molecule has 0 unspecified atom stereocenters. The van der Waals surface area contributed by atoms with Crippen molar-refractivity contribution in [1.82, 2.24) is 29.4 Å². The Kier molecular flexibility index (Phi) is 13.1. The van der Waals surface area contributed by atoms with Crippen molar-refractivity contribution in [3.8, 4) is 5.69 Å². The summed E-state index contributed by atoms with van der Waals surface area (Å²) in [6.45, 7) is 12.4. The van der Waals surface area contributed by atoms with Crippen LogP contribution >= 0.6 is 20.7 Å². The summed E-state index contributed by atoms with van der Waals surface area (Å²) in [6, 6.07) is 7.12. The van der Waals surface area contributed by atoms with Gasteiger partial charge in [0.25, 0.3) is 0 Å². The Labute approximate surface area is 282 Å². The van der Waals surface area contributed by atoms with Crippen LogP contribution < -0.4 is 16.1 Å². The summed E-state index contributed by atoms with van der Waals surface area (Å²) >= 11 is -0.478. The monoisotopic (exact) mass is 928 g/mol. The number of hydrazone groups is 1. The number of anilines is 4. The number of halogens is 4. The second-order valence-corrected chi connectivity index (χ2v) is 10.9. The van der Waals surface area contributed by atoms with Gasteiger partial charge in [-0.15, -0.1) is 13.1 Å². The Bertz CT molecular complexity index is 1520. The van der Waals surface area contributed by atoms with E-state index in [2.05, 4.69) is 64.4 Å². The third-order valence-electron chi connectivity index (χ3n) is 5.93. The Morgan fingerprint density at radius 3 is 2.51 bits per heavy atom. The van der Waals surface area contributed by atoms with Crippen LogP contribution in [-0.4, -0.2) is 66.3 Å². The Morgan fingerprint density at radius 2 is 1.88 bits per heavy atom. The summed E-state index contributed by atoms with van der Waals surface area (Å²) in [6.07, 6.45) is 3.36. The maximum absolute atomic E-state index is 13.6. The van der Waals surface area contributed by atoms with Crippen molar-refractivity contribution in [2.24, 2.45) is 5.10 Å². The minimum absolute atomic E-state index is 0. The number of pyridine rings is 1. The van der Waals surface area contributed by atoms with Crippen molar-refractivity contribution in [3.05, 3.63) is 89.6 Å². The number of rotatable bonds is 13. The van der Waals surface area contributed by atoms with E-state index in [1.807, 2.05) is 0 Å². The van der Waals surface area contributed by atoms with E-state index >= 15 is 0 Å². The standard InChI is InChI=1S/C28H30F3IN10.U/c1-5-41(6-2)10-9-33-26-25(32-4)16-35-27(39-26)40-37-15-21-7-8-22(14-34-21)38-23-11-20(28(29,30)31)12-24(13-23)42-17-19(3)36-18-42;/h7-8,11-18,38H,1-2,4-6,9-10H2,3H3,(H2,33,35,39,40);/q-2;+2/b37-15+;. The molecule has 43 heavy (non-hydrogen) atoms. The van der Waals surface area contributed by atoms with E-state index in [1.54, 1.807) is 42.1 Å². The molecule has 0 aliphatic heterocycles. The first-order valence-corrected chi connectivity index (χ1v) is 15.3. The summed E-state index contributed by atoms with van der Waals surface area (Å²) in [7, 11) is 0. The number of alkyl halides is 3. The molecule has 0 aliphatic rings. The van der Waals surface area contributed by atoms with E-state index < -0.39 is 32.5 Å². The molecule has 3 heterocycles. The van der Waals surface area contributed by atoms with Crippen molar-refractivity contribution in [3.63, 3.8) is 0 Å². The van der Waals surface area contributed by atoms with Gasteiger partial charge in [-0.3, -0.25) is 4.98 Å². The number of benzene rings is 1. The molecule has 1 aromatic carbocycles. The van der Waals surface area contributed by atoms with Gasteiger partial charge in [-0.2, -0.15) is 23.3 Å². The molecule has 0 spiro atoms. The minimum Gasteiger partial charge on any atom is -0.368 e. The van der Waals surface area contributed by atoms with Crippen LogP contribution in [0.3, 0.4) is 0 Å². The molecule has 0 saturated heterocycles. The third-order valence-corrected chi connectivity index (χ3v) is 7.54. The van der Waals surface area contributed by atoms with Gasteiger partial charge in [0.15, 0.2) is 0 Å². The molecular formula is C28H30F3IN10U. The normalized spacial score (nSPS) is 11.5. The first-order valence-electron chi connectivity index (χ1n) is 12.7.